The lowest BCUT2D eigenvalue weighted by Crippen LogP contribution is -1.93. The number of imidazole rings is 1. The predicted octanol–water partition coefficient (Wildman–Crippen LogP) is 3.79. The highest BCUT2D eigenvalue weighted by molar-refractivity contribution is 14.1. The number of nitrogens with zero attached hydrogens (tertiary/aromatic N) is 4. The van der Waals surface area contributed by atoms with Crippen LogP contribution in [0.25, 0.3) is 22.7 Å². The number of aromatic nitrogens is 4. The molecule has 0 aliphatic carbocycles. The van der Waals surface area contributed by atoms with E-state index in [2.05, 4.69) is 50.9 Å². The minimum absolute atomic E-state index is 0.905. The van der Waals surface area contributed by atoms with Gasteiger partial charge in [-0.15, -0.1) is 0 Å². The Kier molecular flexibility index (Phi) is 2.99. The lowest BCUT2D eigenvalue weighted by molar-refractivity contribution is 1.01. The number of hydrogen-bond acceptors (Lipinski definition) is 2. The third kappa shape index (κ3) is 2.33. The third-order valence-electron chi connectivity index (χ3n) is 3.33. The first-order valence-corrected chi connectivity index (χ1v) is 7.61. The highest BCUT2D eigenvalue weighted by Crippen LogP contribution is 2.20. The second kappa shape index (κ2) is 5.00. The Labute approximate surface area is 135 Å². The number of fused-ring (bicyclic) bond motifs is 1. The van der Waals surface area contributed by atoms with Crippen molar-refractivity contribution in [1.82, 2.24) is 18.9 Å². The molecule has 0 unspecified atom stereocenters. The van der Waals surface area contributed by atoms with Crippen molar-refractivity contribution in [2.45, 2.75) is 0 Å². The van der Waals surface area contributed by atoms with Crippen LogP contribution in [-0.4, -0.2) is 18.9 Å². The van der Waals surface area contributed by atoms with E-state index < -0.39 is 0 Å². The summed E-state index contributed by atoms with van der Waals surface area (Å²) in [5, 5.41) is 0. The molecule has 4 heterocycles. The molecular weight excluding hydrogens is 375 g/mol. The first-order chi connectivity index (χ1) is 10.3. The Morgan fingerprint density at radius 3 is 2.57 bits per heavy atom. The topological polar surface area (TPSA) is 35.1 Å². The van der Waals surface area contributed by atoms with Gasteiger partial charge in [0.15, 0.2) is 0 Å². The second-order valence-electron chi connectivity index (χ2n) is 4.73. The molecule has 0 saturated heterocycles. The minimum Gasteiger partial charge on any atom is -0.309 e. The van der Waals surface area contributed by atoms with Gasteiger partial charge in [-0.25, -0.2) is 9.97 Å². The van der Waals surface area contributed by atoms with Crippen LogP contribution in [0.15, 0.2) is 67.4 Å². The van der Waals surface area contributed by atoms with E-state index in [1.54, 1.807) is 0 Å². The van der Waals surface area contributed by atoms with Crippen LogP contribution in [0.4, 0.5) is 0 Å². The highest BCUT2D eigenvalue weighted by atomic mass is 127. The number of hydrogen-bond donors (Lipinski definition) is 0. The maximum absolute atomic E-state index is 4.63. The summed E-state index contributed by atoms with van der Waals surface area (Å²) in [7, 11) is 0. The average Bonchev–Trinajstić information content (AvgIpc) is 3.16. The van der Waals surface area contributed by atoms with Crippen molar-refractivity contribution in [2.24, 2.45) is 0 Å². The van der Waals surface area contributed by atoms with Crippen LogP contribution in [0.5, 0.6) is 0 Å². The van der Waals surface area contributed by atoms with Gasteiger partial charge in [0.05, 0.1) is 5.69 Å². The summed E-state index contributed by atoms with van der Waals surface area (Å²) in [4.78, 5) is 9.13. The monoisotopic (exact) mass is 386 g/mol. The van der Waals surface area contributed by atoms with Crippen molar-refractivity contribution in [3.63, 3.8) is 0 Å². The molecule has 0 radical (unpaired) electrons. The molecule has 0 spiro atoms. The number of pyridine rings is 2. The maximum Gasteiger partial charge on any atom is 0.137 e. The van der Waals surface area contributed by atoms with Crippen molar-refractivity contribution in [3.8, 4) is 17.1 Å². The summed E-state index contributed by atoms with van der Waals surface area (Å²) in [5.74, 6) is 0.905. The van der Waals surface area contributed by atoms with Crippen LogP contribution >= 0.6 is 22.6 Å². The van der Waals surface area contributed by atoms with E-state index in [4.69, 9.17) is 0 Å². The fourth-order valence-electron chi connectivity index (χ4n) is 2.28. The SMILES string of the molecule is Ic1ccc2nc(-c3ccc(-n4cccc4)nc3)cn2c1. The molecule has 0 N–H and O–H groups in total. The fraction of sp³-hybridized carbons (Fsp3) is 0. The molecule has 21 heavy (non-hydrogen) atoms. The second-order valence-corrected chi connectivity index (χ2v) is 5.98. The molecule has 0 amide bonds. The molecule has 4 aromatic heterocycles. The standard InChI is InChI=1S/C16H11IN4/c17-13-4-6-16-19-14(11-21(16)10-13)12-3-5-15(18-9-12)20-7-1-2-8-20/h1-11H. The molecule has 4 aromatic rings. The molecule has 0 aliphatic rings. The van der Waals surface area contributed by atoms with Gasteiger partial charge in [-0.05, 0) is 59.0 Å². The smallest absolute Gasteiger partial charge is 0.137 e. The Morgan fingerprint density at radius 1 is 0.952 bits per heavy atom. The van der Waals surface area contributed by atoms with Gasteiger partial charge in [0, 0.05) is 40.1 Å². The fourth-order valence-corrected chi connectivity index (χ4v) is 2.76. The normalized spacial score (nSPS) is 11.1. The van der Waals surface area contributed by atoms with E-state index in [0.717, 1.165) is 22.7 Å². The number of halogens is 1. The zero-order valence-corrected chi connectivity index (χ0v) is 13.2. The molecule has 0 aliphatic heterocycles. The van der Waals surface area contributed by atoms with E-state index in [-0.39, 0.29) is 0 Å². The molecule has 102 valence electrons. The van der Waals surface area contributed by atoms with Crippen molar-refractivity contribution < 1.29 is 0 Å². The highest BCUT2D eigenvalue weighted by Gasteiger charge is 2.05. The Morgan fingerprint density at radius 2 is 1.81 bits per heavy atom. The van der Waals surface area contributed by atoms with Gasteiger partial charge in [0.2, 0.25) is 0 Å². The summed E-state index contributed by atoms with van der Waals surface area (Å²) in [5.41, 5.74) is 2.90. The summed E-state index contributed by atoms with van der Waals surface area (Å²) >= 11 is 2.30. The maximum atomic E-state index is 4.63. The van der Waals surface area contributed by atoms with Gasteiger partial charge in [0.1, 0.15) is 11.5 Å². The van der Waals surface area contributed by atoms with Gasteiger partial charge in [0.25, 0.3) is 0 Å². The third-order valence-corrected chi connectivity index (χ3v) is 3.97. The lowest BCUT2D eigenvalue weighted by Gasteiger charge is -2.02. The van der Waals surface area contributed by atoms with Crippen LogP contribution in [0, 0.1) is 3.57 Å². The lowest BCUT2D eigenvalue weighted by atomic mass is 10.2. The first-order valence-electron chi connectivity index (χ1n) is 6.54. The predicted molar refractivity (Wildman–Crippen MR) is 90.5 cm³/mol. The van der Waals surface area contributed by atoms with Gasteiger partial charge >= 0.3 is 0 Å². The van der Waals surface area contributed by atoms with Crippen LogP contribution in [0.2, 0.25) is 0 Å². The molecule has 0 saturated carbocycles. The van der Waals surface area contributed by atoms with E-state index in [9.17, 15) is 0 Å². The zero-order chi connectivity index (χ0) is 14.2. The Bertz CT molecular complexity index is 892. The Hall–Kier alpha value is -2.15. The summed E-state index contributed by atoms with van der Waals surface area (Å²) in [6.45, 7) is 0. The van der Waals surface area contributed by atoms with Crippen LogP contribution in [0.3, 0.4) is 0 Å². The van der Waals surface area contributed by atoms with Crippen LogP contribution < -0.4 is 0 Å². The van der Waals surface area contributed by atoms with Gasteiger partial charge < -0.3 is 8.97 Å². The van der Waals surface area contributed by atoms with Gasteiger partial charge in [-0.2, -0.15) is 0 Å². The summed E-state index contributed by atoms with van der Waals surface area (Å²) in [6.07, 6.45) is 9.92. The Balaban J connectivity index is 1.74. The van der Waals surface area contributed by atoms with Crippen molar-refractivity contribution in [2.75, 3.05) is 0 Å². The largest absolute Gasteiger partial charge is 0.309 e. The van der Waals surface area contributed by atoms with Gasteiger partial charge in [-0.1, -0.05) is 0 Å². The van der Waals surface area contributed by atoms with Crippen molar-refractivity contribution in [3.05, 3.63) is 71.0 Å². The molecule has 5 heteroatoms. The molecule has 0 fully saturated rings. The molecule has 0 atom stereocenters. The van der Waals surface area contributed by atoms with Crippen LogP contribution in [0.1, 0.15) is 0 Å². The van der Waals surface area contributed by atoms with Gasteiger partial charge in [-0.3, -0.25) is 0 Å². The minimum atomic E-state index is 0.905. The summed E-state index contributed by atoms with van der Waals surface area (Å²) < 4.78 is 5.21. The molecule has 0 bridgehead atoms. The van der Waals surface area contributed by atoms with Crippen LogP contribution in [-0.2, 0) is 0 Å². The molecule has 4 rings (SSSR count). The van der Waals surface area contributed by atoms with E-state index in [1.807, 2.05) is 58.0 Å². The number of rotatable bonds is 2. The molecule has 0 aromatic carbocycles. The zero-order valence-electron chi connectivity index (χ0n) is 11.0. The quantitative estimate of drug-likeness (QED) is 0.492. The molecular formula is C16H11IN4. The van der Waals surface area contributed by atoms with E-state index >= 15 is 0 Å². The van der Waals surface area contributed by atoms with Crippen molar-refractivity contribution in [1.29, 1.82) is 0 Å². The van der Waals surface area contributed by atoms with E-state index in [0.29, 0.717) is 0 Å². The first kappa shape index (κ1) is 12.6. The van der Waals surface area contributed by atoms with Crippen molar-refractivity contribution >= 4 is 28.2 Å². The summed E-state index contributed by atoms with van der Waals surface area (Å²) in [6, 6.07) is 12.1. The molecule has 4 nitrogen and oxygen atoms in total. The van der Waals surface area contributed by atoms with E-state index in [1.165, 1.54) is 3.57 Å². The average molecular weight is 386 g/mol.